The second kappa shape index (κ2) is 3.24. The molecule has 3 rings (SSSR count). The van der Waals surface area contributed by atoms with Gasteiger partial charge in [0.25, 0.3) is 0 Å². The molecular formula is C11H13N3O. The van der Waals surface area contributed by atoms with Crippen LogP contribution in [0.2, 0.25) is 0 Å². The number of nitrogens with one attached hydrogen (secondary N) is 1. The first-order valence-electron chi connectivity index (χ1n) is 5.22. The molecule has 2 aromatic heterocycles. The summed E-state index contributed by atoms with van der Waals surface area (Å²) in [5, 5.41) is 3.40. The molecule has 3 heterocycles. The molecule has 2 aromatic rings. The van der Waals surface area contributed by atoms with E-state index in [0.29, 0.717) is 11.9 Å². The Morgan fingerprint density at radius 3 is 3.20 bits per heavy atom. The summed E-state index contributed by atoms with van der Waals surface area (Å²) in [4.78, 5) is 4.22. The molecule has 0 amide bonds. The third-order valence-electron chi connectivity index (χ3n) is 2.82. The van der Waals surface area contributed by atoms with Crippen LogP contribution in [0.25, 0.3) is 11.1 Å². The van der Waals surface area contributed by atoms with Crippen LogP contribution in [0.4, 0.5) is 5.82 Å². The minimum Gasteiger partial charge on any atom is -0.458 e. The Morgan fingerprint density at radius 2 is 2.40 bits per heavy atom. The van der Waals surface area contributed by atoms with E-state index in [9.17, 15) is 0 Å². The number of anilines is 1. The van der Waals surface area contributed by atoms with E-state index in [0.717, 1.165) is 29.8 Å². The van der Waals surface area contributed by atoms with Gasteiger partial charge in [-0.15, -0.1) is 0 Å². The van der Waals surface area contributed by atoms with Crippen molar-refractivity contribution in [3.63, 3.8) is 0 Å². The van der Waals surface area contributed by atoms with Crippen LogP contribution in [-0.4, -0.2) is 11.5 Å². The Balaban J connectivity index is 2.05. The first kappa shape index (κ1) is 8.73. The Hall–Kier alpha value is -1.55. The smallest absolute Gasteiger partial charge is 0.152 e. The SMILES string of the molecule is Nc1ccc2oc([C@@H]3CCCN3)cc2n1. The summed E-state index contributed by atoms with van der Waals surface area (Å²) in [5.41, 5.74) is 7.28. The van der Waals surface area contributed by atoms with Crippen LogP contribution < -0.4 is 11.1 Å². The molecule has 15 heavy (non-hydrogen) atoms. The van der Waals surface area contributed by atoms with Crippen molar-refractivity contribution in [3.8, 4) is 0 Å². The maximum Gasteiger partial charge on any atom is 0.152 e. The van der Waals surface area contributed by atoms with Gasteiger partial charge in [-0.2, -0.15) is 0 Å². The number of nitrogen functional groups attached to an aromatic ring is 1. The van der Waals surface area contributed by atoms with Crippen LogP contribution >= 0.6 is 0 Å². The first-order chi connectivity index (χ1) is 7.33. The minimum absolute atomic E-state index is 0.348. The summed E-state index contributed by atoms with van der Waals surface area (Å²) >= 11 is 0. The highest BCUT2D eigenvalue weighted by Gasteiger charge is 2.20. The monoisotopic (exact) mass is 203 g/mol. The number of pyridine rings is 1. The zero-order valence-corrected chi connectivity index (χ0v) is 8.36. The van der Waals surface area contributed by atoms with Gasteiger partial charge < -0.3 is 15.5 Å². The van der Waals surface area contributed by atoms with E-state index in [2.05, 4.69) is 10.3 Å². The fourth-order valence-corrected chi connectivity index (χ4v) is 2.06. The highest BCUT2D eigenvalue weighted by molar-refractivity contribution is 5.75. The number of nitrogens with zero attached hydrogens (tertiary/aromatic N) is 1. The largest absolute Gasteiger partial charge is 0.458 e. The predicted molar refractivity (Wildman–Crippen MR) is 58.4 cm³/mol. The second-order valence-corrected chi connectivity index (χ2v) is 3.92. The quantitative estimate of drug-likeness (QED) is 0.742. The lowest BCUT2D eigenvalue weighted by molar-refractivity contribution is 0.471. The zero-order valence-electron chi connectivity index (χ0n) is 8.36. The molecular weight excluding hydrogens is 190 g/mol. The van der Waals surface area contributed by atoms with E-state index in [-0.39, 0.29) is 0 Å². The molecule has 0 radical (unpaired) electrons. The molecule has 1 aliphatic rings. The summed E-state index contributed by atoms with van der Waals surface area (Å²) in [5.74, 6) is 1.51. The van der Waals surface area contributed by atoms with Crippen molar-refractivity contribution >= 4 is 16.9 Å². The van der Waals surface area contributed by atoms with Gasteiger partial charge in [0.1, 0.15) is 17.1 Å². The van der Waals surface area contributed by atoms with Crippen LogP contribution in [0.5, 0.6) is 0 Å². The number of rotatable bonds is 1. The van der Waals surface area contributed by atoms with Gasteiger partial charge in [0.2, 0.25) is 0 Å². The van der Waals surface area contributed by atoms with Crippen molar-refractivity contribution in [2.75, 3.05) is 12.3 Å². The van der Waals surface area contributed by atoms with Crippen molar-refractivity contribution < 1.29 is 4.42 Å². The summed E-state index contributed by atoms with van der Waals surface area (Å²) in [7, 11) is 0. The van der Waals surface area contributed by atoms with E-state index in [4.69, 9.17) is 10.2 Å². The number of fused-ring (bicyclic) bond motifs is 1. The predicted octanol–water partition coefficient (Wildman–Crippen LogP) is 1.83. The standard InChI is InChI=1S/C11H13N3O/c12-11-4-3-9-8(14-11)6-10(15-9)7-2-1-5-13-7/h3-4,6-7,13H,1-2,5H2,(H2,12,14)/t7-/m0/s1. The van der Waals surface area contributed by atoms with Gasteiger partial charge in [-0.1, -0.05) is 0 Å². The highest BCUT2D eigenvalue weighted by Crippen LogP contribution is 2.28. The average Bonchev–Trinajstić information content (AvgIpc) is 2.84. The molecule has 1 aliphatic heterocycles. The van der Waals surface area contributed by atoms with E-state index >= 15 is 0 Å². The molecule has 1 atom stereocenters. The van der Waals surface area contributed by atoms with Gasteiger partial charge >= 0.3 is 0 Å². The summed E-state index contributed by atoms with van der Waals surface area (Å²) in [6.45, 7) is 1.07. The molecule has 0 aliphatic carbocycles. The number of aromatic nitrogens is 1. The highest BCUT2D eigenvalue weighted by atomic mass is 16.3. The Labute approximate surface area is 87.5 Å². The van der Waals surface area contributed by atoms with Crippen molar-refractivity contribution in [1.29, 1.82) is 0 Å². The van der Waals surface area contributed by atoms with Crippen LogP contribution in [0.3, 0.4) is 0 Å². The molecule has 3 N–H and O–H groups in total. The topological polar surface area (TPSA) is 64.1 Å². The van der Waals surface area contributed by atoms with Crippen LogP contribution in [-0.2, 0) is 0 Å². The third kappa shape index (κ3) is 1.47. The summed E-state index contributed by atoms with van der Waals surface area (Å²) in [6.07, 6.45) is 2.34. The zero-order chi connectivity index (χ0) is 10.3. The lowest BCUT2D eigenvalue weighted by Crippen LogP contribution is -2.11. The number of hydrogen-bond acceptors (Lipinski definition) is 4. The minimum atomic E-state index is 0.348. The van der Waals surface area contributed by atoms with E-state index < -0.39 is 0 Å². The molecule has 4 heteroatoms. The Kier molecular flexibility index (Phi) is 1.89. The molecule has 0 saturated carbocycles. The molecule has 0 bridgehead atoms. The van der Waals surface area contributed by atoms with Crippen LogP contribution in [0, 0.1) is 0 Å². The van der Waals surface area contributed by atoms with Gasteiger partial charge in [0, 0.05) is 6.07 Å². The normalized spacial score (nSPS) is 21.2. The van der Waals surface area contributed by atoms with Crippen molar-refractivity contribution in [2.45, 2.75) is 18.9 Å². The van der Waals surface area contributed by atoms with E-state index in [1.807, 2.05) is 12.1 Å². The molecule has 1 saturated heterocycles. The molecule has 0 spiro atoms. The van der Waals surface area contributed by atoms with Gasteiger partial charge in [0.05, 0.1) is 6.04 Å². The van der Waals surface area contributed by atoms with E-state index in [1.165, 1.54) is 6.42 Å². The first-order valence-corrected chi connectivity index (χ1v) is 5.22. The maximum absolute atomic E-state index is 5.73. The lowest BCUT2D eigenvalue weighted by Gasteiger charge is -2.04. The van der Waals surface area contributed by atoms with Gasteiger partial charge in [-0.05, 0) is 31.5 Å². The lowest BCUT2D eigenvalue weighted by atomic mass is 10.2. The second-order valence-electron chi connectivity index (χ2n) is 3.92. The fourth-order valence-electron chi connectivity index (χ4n) is 2.06. The van der Waals surface area contributed by atoms with Gasteiger partial charge in [-0.25, -0.2) is 4.98 Å². The third-order valence-corrected chi connectivity index (χ3v) is 2.82. The van der Waals surface area contributed by atoms with Crippen molar-refractivity contribution in [3.05, 3.63) is 24.0 Å². The Morgan fingerprint density at radius 1 is 1.47 bits per heavy atom. The Bertz CT molecular complexity index is 486. The number of furan rings is 1. The number of hydrogen-bond donors (Lipinski definition) is 2. The summed E-state index contributed by atoms with van der Waals surface area (Å²) in [6, 6.07) is 5.96. The fraction of sp³-hybridized carbons (Fsp3) is 0.364. The molecule has 1 fully saturated rings. The van der Waals surface area contributed by atoms with Crippen LogP contribution in [0.15, 0.2) is 22.6 Å². The average molecular weight is 203 g/mol. The van der Waals surface area contributed by atoms with Crippen molar-refractivity contribution in [1.82, 2.24) is 10.3 Å². The van der Waals surface area contributed by atoms with E-state index in [1.54, 1.807) is 6.07 Å². The molecule has 0 aromatic carbocycles. The molecule has 78 valence electrons. The maximum atomic E-state index is 5.73. The number of nitrogens with two attached hydrogens (primary N) is 1. The van der Waals surface area contributed by atoms with Crippen LogP contribution in [0.1, 0.15) is 24.6 Å². The molecule has 4 nitrogen and oxygen atoms in total. The molecule has 0 unspecified atom stereocenters. The van der Waals surface area contributed by atoms with Crippen molar-refractivity contribution in [2.24, 2.45) is 0 Å². The van der Waals surface area contributed by atoms with Gasteiger partial charge in [-0.3, -0.25) is 0 Å². The van der Waals surface area contributed by atoms with Gasteiger partial charge in [0.15, 0.2) is 5.58 Å². The summed E-state index contributed by atoms with van der Waals surface area (Å²) < 4.78 is 5.73.